The van der Waals surface area contributed by atoms with Crippen molar-refractivity contribution in [1.29, 1.82) is 0 Å². The summed E-state index contributed by atoms with van der Waals surface area (Å²) in [5.41, 5.74) is 3.10. The van der Waals surface area contributed by atoms with Gasteiger partial charge in [-0.15, -0.1) is 0 Å². The van der Waals surface area contributed by atoms with Gasteiger partial charge in [-0.2, -0.15) is 0 Å². The molecule has 1 amide bonds. The van der Waals surface area contributed by atoms with Crippen molar-refractivity contribution in [3.8, 4) is 0 Å². The second-order valence-electron chi connectivity index (χ2n) is 6.67. The lowest BCUT2D eigenvalue weighted by Gasteiger charge is -2.22. The molecule has 1 aromatic carbocycles. The molecule has 0 aliphatic carbocycles. The van der Waals surface area contributed by atoms with Gasteiger partial charge in [0.25, 0.3) is 5.91 Å². The van der Waals surface area contributed by atoms with Crippen LogP contribution in [0.2, 0.25) is 0 Å². The van der Waals surface area contributed by atoms with Crippen molar-refractivity contribution in [3.63, 3.8) is 0 Å². The molecule has 0 saturated carbocycles. The summed E-state index contributed by atoms with van der Waals surface area (Å²) in [7, 11) is 0. The van der Waals surface area contributed by atoms with Gasteiger partial charge in [0.05, 0.1) is 28.7 Å². The number of hydrogen-bond acceptors (Lipinski definition) is 4. The number of rotatable bonds is 3. The Morgan fingerprint density at radius 2 is 1.81 bits per heavy atom. The molecule has 5 nitrogen and oxygen atoms in total. The molecular formula is C21H22N4O. The second kappa shape index (κ2) is 7.52. The van der Waals surface area contributed by atoms with Gasteiger partial charge in [0, 0.05) is 30.9 Å². The van der Waals surface area contributed by atoms with E-state index in [1.54, 1.807) is 12.4 Å². The van der Waals surface area contributed by atoms with Gasteiger partial charge in [0.1, 0.15) is 0 Å². The van der Waals surface area contributed by atoms with Crippen LogP contribution < -0.4 is 10.2 Å². The van der Waals surface area contributed by atoms with Gasteiger partial charge in [0.15, 0.2) is 0 Å². The first kappa shape index (κ1) is 16.5. The Morgan fingerprint density at radius 1 is 1.00 bits per heavy atom. The zero-order valence-electron chi connectivity index (χ0n) is 14.7. The van der Waals surface area contributed by atoms with Crippen LogP contribution in [0.5, 0.6) is 0 Å². The number of amides is 1. The topological polar surface area (TPSA) is 58.1 Å². The van der Waals surface area contributed by atoms with Gasteiger partial charge >= 0.3 is 0 Å². The molecule has 0 spiro atoms. The highest BCUT2D eigenvalue weighted by atomic mass is 16.1. The van der Waals surface area contributed by atoms with Gasteiger partial charge in [-0.3, -0.25) is 14.8 Å². The molecule has 1 fully saturated rings. The molecule has 5 heteroatoms. The van der Waals surface area contributed by atoms with E-state index in [0.717, 1.165) is 29.7 Å². The van der Waals surface area contributed by atoms with E-state index in [-0.39, 0.29) is 5.91 Å². The predicted molar refractivity (Wildman–Crippen MR) is 105 cm³/mol. The summed E-state index contributed by atoms with van der Waals surface area (Å²) >= 11 is 0. The summed E-state index contributed by atoms with van der Waals surface area (Å²) in [6, 6.07) is 11.6. The fourth-order valence-electron chi connectivity index (χ4n) is 3.45. The van der Waals surface area contributed by atoms with Crippen LogP contribution in [0.3, 0.4) is 0 Å². The Morgan fingerprint density at radius 3 is 2.65 bits per heavy atom. The van der Waals surface area contributed by atoms with Crippen molar-refractivity contribution in [2.24, 2.45) is 0 Å². The first-order chi connectivity index (χ1) is 12.8. The number of nitrogens with one attached hydrogen (secondary N) is 1. The molecule has 4 rings (SSSR count). The summed E-state index contributed by atoms with van der Waals surface area (Å²) in [5, 5.41) is 3.99. The number of carbonyl (C=O) groups is 1. The normalized spacial score (nSPS) is 14.8. The van der Waals surface area contributed by atoms with Crippen molar-refractivity contribution in [2.75, 3.05) is 23.3 Å². The predicted octanol–water partition coefficient (Wildman–Crippen LogP) is 4.26. The third kappa shape index (κ3) is 3.52. The standard InChI is InChI=1S/C21H22N4O/c26-21(24-19-9-5-7-16-8-6-10-23-20(16)19)17-13-18(15-22-14-17)25-11-3-1-2-4-12-25/h5-10,13-15H,1-4,11-12H2,(H,24,26). The number of hydrogen-bond donors (Lipinski definition) is 1. The van der Waals surface area contributed by atoms with E-state index in [2.05, 4.69) is 20.2 Å². The molecule has 0 unspecified atom stereocenters. The number of carbonyl (C=O) groups excluding carboxylic acids is 1. The number of benzene rings is 1. The zero-order chi connectivity index (χ0) is 17.8. The Labute approximate surface area is 153 Å². The molecule has 26 heavy (non-hydrogen) atoms. The van der Waals surface area contributed by atoms with Gasteiger partial charge in [-0.05, 0) is 31.0 Å². The number of pyridine rings is 2. The van der Waals surface area contributed by atoms with Gasteiger partial charge < -0.3 is 10.2 Å². The molecule has 1 aliphatic heterocycles. The van der Waals surface area contributed by atoms with Crippen molar-refractivity contribution in [3.05, 3.63) is 60.6 Å². The highest BCUT2D eigenvalue weighted by molar-refractivity contribution is 6.08. The summed E-state index contributed by atoms with van der Waals surface area (Å²) in [6.45, 7) is 2.06. The number of nitrogens with zero attached hydrogens (tertiary/aromatic N) is 3. The van der Waals surface area contributed by atoms with E-state index in [0.29, 0.717) is 11.3 Å². The number of para-hydroxylation sites is 1. The zero-order valence-corrected chi connectivity index (χ0v) is 14.7. The van der Waals surface area contributed by atoms with Crippen LogP contribution in [-0.4, -0.2) is 29.0 Å². The molecule has 1 N–H and O–H groups in total. The van der Waals surface area contributed by atoms with Gasteiger partial charge in [-0.25, -0.2) is 0 Å². The SMILES string of the molecule is O=C(Nc1cccc2cccnc12)c1cncc(N2CCCCCC2)c1. The van der Waals surface area contributed by atoms with Crippen LogP contribution in [-0.2, 0) is 0 Å². The second-order valence-corrected chi connectivity index (χ2v) is 6.67. The first-order valence-electron chi connectivity index (χ1n) is 9.16. The molecule has 0 atom stereocenters. The van der Waals surface area contributed by atoms with Crippen molar-refractivity contribution in [2.45, 2.75) is 25.7 Å². The number of aromatic nitrogens is 2. The van der Waals surface area contributed by atoms with Crippen molar-refractivity contribution < 1.29 is 4.79 Å². The van der Waals surface area contributed by atoms with Crippen LogP contribution in [0.25, 0.3) is 10.9 Å². The largest absolute Gasteiger partial charge is 0.370 e. The highest BCUT2D eigenvalue weighted by Gasteiger charge is 2.14. The monoisotopic (exact) mass is 346 g/mol. The molecular weight excluding hydrogens is 324 g/mol. The molecule has 0 bridgehead atoms. The molecule has 1 aliphatic rings. The van der Waals surface area contributed by atoms with Crippen LogP contribution in [0, 0.1) is 0 Å². The van der Waals surface area contributed by atoms with Gasteiger partial charge in [0.2, 0.25) is 0 Å². The molecule has 0 radical (unpaired) electrons. The minimum atomic E-state index is -0.160. The van der Waals surface area contributed by atoms with E-state index < -0.39 is 0 Å². The fourth-order valence-corrected chi connectivity index (χ4v) is 3.45. The number of anilines is 2. The van der Waals surface area contributed by atoms with Crippen LogP contribution in [0.4, 0.5) is 11.4 Å². The maximum atomic E-state index is 12.8. The van der Waals surface area contributed by atoms with Crippen LogP contribution in [0.15, 0.2) is 55.0 Å². The van der Waals surface area contributed by atoms with E-state index in [9.17, 15) is 4.79 Å². The average Bonchev–Trinajstić information content (AvgIpc) is 2.98. The molecule has 132 valence electrons. The molecule has 2 aromatic heterocycles. The van der Waals surface area contributed by atoms with Crippen molar-refractivity contribution in [1.82, 2.24) is 9.97 Å². The molecule has 1 saturated heterocycles. The van der Waals surface area contributed by atoms with E-state index in [1.165, 1.54) is 25.7 Å². The lowest BCUT2D eigenvalue weighted by molar-refractivity contribution is 0.102. The molecule has 3 heterocycles. The van der Waals surface area contributed by atoms with Crippen molar-refractivity contribution >= 4 is 28.2 Å². The Kier molecular flexibility index (Phi) is 4.78. The summed E-state index contributed by atoms with van der Waals surface area (Å²) in [6.07, 6.45) is 10.1. The van der Waals surface area contributed by atoms with Crippen LogP contribution >= 0.6 is 0 Å². The Hall–Kier alpha value is -2.95. The summed E-state index contributed by atoms with van der Waals surface area (Å²) in [4.78, 5) is 23.8. The van der Waals surface area contributed by atoms with E-state index in [4.69, 9.17) is 0 Å². The maximum Gasteiger partial charge on any atom is 0.257 e. The summed E-state index contributed by atoms with van der Waals surface area (Å²) < 4.78 is 0. The van der Waals surface area contributed by atoms with Crippen LogP contribution in [0.1, 0.15) is 36.0 Å². The smallest absolute Gasteiger partial charge is 0.257 e. The first-order valence-corrected chi connectivity index (χ1v) is 9.16. The third-order valence-corrected chi connectivity index (χ3v) is 4.84. The minimum Gasteiger partial charge on any atom is -0.370 e. The quantitative estimate of drug-likeness (QED) is 0.770. The third-order valence-electron chi connectivity index (χ3n) is 4.84. The average molecular weight is 346 g/mol. The summed E-state index contributed by atoms with van der Waals surface area (Å²) in [5.74, 6) is -0.160. The van der Waals surface area contributed by atoms with Gasteiger partial charge in [-0.1, -0.05) is 31.0 Å². The van der Waals surface area contributed by atoms with E-state index >= 15 is 0 Å². The number of fused-ring (bicyclic) bond motifs is 1. The molecule has 3 aromatic rings. The van der Waals surface area contributed by atoms with E-state index in [1.807, 2.05) is 42.6 Å². The maximum absolute atomic E-state index is 12.8. The lowest BCUT2D eigenvalue weighted by atomic mass is 10.1. The lowest BCUT2D eigenvalue weighted by Crippen LogP contribution is -2.24. The highest BCUT2D eigenvalue weighted by Crippen LogP contribution is 2.23. The minimum absolute atomic E-state index is 0.160. The fraction of sp³-hybridized carbons (Fsp3) is 0.286. The Bertz CT molecular complexity index is 911. The Balaban J connectivity index is 1.57.